The van der Waals surface area contributed by atoms with Gasteiger partial charge in [-0.25, -0.2) is 4.79 Å². The van der Waals surface area contributed by atoms with Crippen molar-refractivity contribution in [2.75, 3.05) is 44.9 Å². The van der Waals surface area contributed by atoms with E-state index < -0.39 is 17.7 Å². The zero-order valence-electron chi connectivity index (χ0n) is 17.2. The van der Waals surface area contributed by atoms with Crippen molar-refractivity contribution in [1.29, 1.82) is 0 Å². The minimum atomic E-state index is -0.902. The molecule has 1 unspecified atom stereocenters. The molecule has 1 atom stereocenters. The predicted molar refractivity (Wildman–Crippen MR) is 105 cm³/mol. The number of carbonyl (C=O) groups excluding carboxylic acids is 3. The van der Waals surface area contributed by atoms with Gasteiger partial charge in [-0.05, 0) is 39.0 Å². The highest BCUT2D eigenvalue weighted by atomic mass is 16.6. The van der Waals surface area contributed by atoms with E-state index in [0.717, 1.165) is 0 Å². The number of ether oxygens (including phenoxy) is 3. The molecule has 158 valence electrons. The molecule has 9 nitrogen and oxygen atoms in total. The first-order valence-corrected chi connectivity index (χ1v) is 9.56. The average Bonchev–Trinajstić information content (AvgIpc) is 2.78. The van der Waals surface area contributed by atoms with Crippen LogP contribution in [0.1, 0.15) is 31.1 Å². The molecule has 9 heteroatoms. The van der Waals surface area contributed by atoms with Crippen molar-refractivity contribution < 1.29 is 28.6 Å². The summed E-state index contributed by atoms with van der Waals surface area (Å²) in [5, 5.41) is 2.55. The van der Waals surface area contributed by atoms with Gasteiger partial charge in [-0.1, -0.05) is 0 Å². The number of anilines is 1. The summed E-state index contributed by atoms with van der Waals surface area (Å²) in [4.78, 5) is 40.8. The van der Waals surface area contributed by atoms with Crippen LogP contribution in [0.2, 0.25) is 0 Å². The number of likely N-dealkylation sites (N-methyl/N-ethyl adjacent to an activating group) is 1. The van der Waals surface area contributed by atoms with Crippen molar-refractivity contribution in [2.24, 2.45) is 0 Å². The number of morpholine rings is 1. The topological polar surface area (TPSA) is 97.4 Å². The van der Waals surface area contributed by atoms with E-state index >= 15 is 0 Å². The Labute approximate surface area is 169 Å². The number of amides is 3. The van der Waals surface area contributed by atoms with E-state index in [4.69, 9.17) is 14.2 Å². The van der Waals surface area contributed by atoms with Crippen LogP contribution in [0.15, 0.2) is 18.2 Å². The minimum absolute atomic E-state index is 0.0355. The summed E-state index contributed by atoms with van der Waals surface area (Å²) in [6, 6.07) is 4.08. The fraction of sp³-hybridized carbons (Fsp3) is 0.550. The smallest absolute Gasteiger partial charge is 0.408 e. The van der Waals surface area contributed by atoms with Crippen LogP contribution in [0.25, 0.3) is 0 Å². The van der Waals surface area contributed by atoms with Crippen LogP contribution in [0, 0.1) is 0 Å². The van der Waals surface area contributed by atoms with Gasteiger partial charge in [0.1, 0.15) is 24.0 Å². The fourth-order valence-corrected chi connectivity index (χ4v) is 3.13. The van der Waals surface area contributed by atoms with E-state index in [9.17, 15) is 14.4 Å². The van der Waals surface area contributed by atoms with Gasteiger partial charge in [0.05, 0.1) is 18.9 Å². The first-order chi connectivity index (χ1) is 13.7. The number of nitrogens with one attached hydrogen (secondary N) is 1. The van der Waals surface area contributed by atoms with Gasteiger partial charge >= 0.3 is 6.09 Å². The second-order valence-corrected chi connectivity index (χ2v) is 7.99. The van der Waals surface area contributed by atoms with Crippen molar-refractivity contribution in [1.82, 2.24) is 10.2 Å². The normalized spacial score (nSPS) is 19.7. The Balaban J connectivity index is 1.76. The minimum Gasteiger partial charge on any atom is -0.489 e. The molecule has 3 rings (SSSR count). The molecule has 2 aliphatic rings. The van der Waals surface area contributed by atoms with E-state index in [1.807, 2.05) is 0 Å². The third kappa shape index (κ3) is 4.97. The predicted octanol–water partition coefficient (Wildman–Crippen LogP) is 1.41. The number of benzene rings is 1. The molecule has 0 spiro atoms. The van der Waals surface area contributed by atoms with Crippen LogP contribution in [0.5, 0.6) is 5.75 Å². The Morgan fingerprint density at radius 1 is 1.21 bits per heavy atom. The molecule has 1 saturated heterocycles. The highest BCUT2D eigenvalue weighted by Gasteiger charge is 2.32. The molecule has 1 fully saturated rings. The highest BCUT2D eigenvalue weighted by molar-refractivity contribution is 6.02. The third-order valence-corrected chi connectivity index (χ3v) is 4.59. The molecule has 1 aromatic rings. The standard InChI is InChI=1S/C20H27N3O6/c1-20(2,3)29-19(26)21-14-12-28-16-6-5-13(11-15(16)22(4)18(14)25)17(24)23-7-9-27-10-8-23/h5-6,11,14H,7-10,12H2,1-4H3,(H,21,26). The monoisotopic (exact) mass is 405 g/mol. The summed E-state index contributed by atoms with van der Waals surface area (Å²) in [6.07, 6.45) is -0.693. The maximum Gasteiger partial charge on any atom is 0.408 e. The van der Waals surface area contributed by atoms with Gasteiger partial charge in [0.15, 0.2) is 0 Å². The van der Waals surface area contributed by atoms with Gasteiger partial charge in [0.25, 0.3) is 11.8 Å². The van der Waals surface area contributed by atoms with E-state index in [0.29, 0.717) is 43.3 Å². The van der Waals surface area contributed by atoms with Crippen LogP contribution >= 0.6 is 0 Å². The lowest BCUT2D eigenvalue weighted by Gasteiger charge is -2.27. The quantitative estimate of drug-likeness (QED) is 0.799. The molecule has 1 N–H and O–H groups in total. The van der Waals surface area contributed by atoms with Crippen LogP contribution in [-0.4, -0.2) is 74.4 Å². The summed E-state index contributed by atoms with van der Waals surface area (Å²) >= 11 is 0. The Bertz CT molecular complexity index is 798. The summed E-state index contributed by atoms with van der Waals surface area (Å²) in [7, 11) is 1.59. The number of hydrogen-bond donors (Lipinski definition) is 1. The van der Waals surface area contributed by atoms with E-state index in [1.165, 1.54) is 4.90 Å². The van der Waals surface area contributed by atoms with Crippen molar-refractivity contribution >= 4 is 23.6 Å². The molecule has 0 radical (unpaired) electrons. The maximum absolute atomic E-state index is 12.9. The zero-order valence-corrected chi connectivity index (χ0v) is 17.2. The van der Waals surface area contributed by atoms with Gasteiger partial charge in [0, 0.05) is 25.7 Å². The number of nitrogens with zero attached hydrogens (tertiary/aromatic N) is 2. The van der Waals surface area contributed by atoms with E-state index in [1.54, 1.807) is 50.9 Å². The summed E-state index contributed by atoms with van der Waals surface area (Å²) in [5.74, 6) is -0.0110. The fourth-order valence-electron chi connectivity index (χ4n) is 3.13. The molecular weight excluding hydrogens is 378 g/mol. The van der Waals surface area contributed by atoms with Crippen LogP contribution in [0.3, 0.4) is 0 Å². The van der Waals surface area contributed by atoms with Gasteiger partial charge < -0.3 is 29.3 Å². The molecule has 0 saturated carbocycles. The second kappa shape index (κ2) is 8.28. The number of hydrogen-bond acceptors (Lipinski definition) is 6. The summed E-state index contributed by atoms with van der Waals surface area (Å²) < 4.78 is 16.2. The van der Waals surface area contributed by atoms with Crippen molar-refractivity contribution in [3.8, 4) is 5.75 Å². The number of alkyl carbamates (subject to hydrolysis) is 1. The SMILES string of the molecule is CN1C(=O)C(NC(=O)OC(C)(C)C)COc2ccc(C(=O)N3CCOCC3)cc21. The molecule has 2 heterocycles. The molecular formula is C20H27N3O6. The van der Waals surface area contributed by atoms with Gasteiger partial charge in [-0.3, -0.25) is 9.59 Å². The summed E-state index contributed by atoms with van der Waals surface area (Å²) in [6.45, 7) is 7.28. The Kier molecular flexibility index (Phi) is 5.97. The molecule has 0 aliphatic carbocycles. The molecule has 1 aromatic carbocycles. The first kappa shape index (κ1) is 20.9. The van der Waals surface area contributed by atoms with E-state index in [-0.39, 0.29) is 18.4 Å². The van der Waals surface area contributed by atoms with Crippen LogP contribution in [0.4, 0.5) is 10.5 Å². The maximum atomic E-state index is 12.9. The Hall–Kier alpha value is -2.81. The van der Waals surface area contributed by atoms with Gasteiger partial charge in [0.2, 0.25) is 0 Å². The summed E-state index contributed by atoms with van der Waals surface area (Å²) in [5.41, 5.74) is 0.262. The second-order valence-electron chi connectivity index (χ2n) is 7.99. The lowest BCUT2D eigenvalue weighted by Crippen LogP contribution is -2.50. The van der Waals surface area contributed by atoms with E-state index in [2.05, 4.69) is 5.32 Å². The van der Waals surface area contributed by atoms with Crippen LogP contribution in [-0.2, 0) is 14.3 Å². The molecule has 29 heavy (non-hydrogen) atoms. The lowest BCUT2D eigenvalue weighted by molar-refractivity contribution is -0.120. The number of fused-ring (bicyclic) bond motifs is 1. The molecule has 2 aliphatic heterocycles. The zero-order chi connectivity index (χ0) is 21.2. The lowest BCUT2D eigenvalue weighted by atomic mass is 10.1. The third-order valence-electron chi connectivity index (χ3n) is 4.59. The highest BCUT2D eigenvalue weighted by Crippen LogP contribution is 2.32. The molecule has 0 aromatic heterocycles. The molecule has 0 bridgehead atoms. The number of carbonyl (C=O) groups is 3. The largest absolute Gasteiger partial charge is 0.489 e. The average molecular weight is 405 g/mol. The Morgan fingerprint density at radius 3 is 2.55 bits per heavy atom. The van der Waals surface area contributed by atoms with Crippen molar-refractivity contribution in [3.63, 3.8) is 0 Å². The number of rotatable bonds is 2. The van der Waals surface area contributed by atoms with Gasteiger partial charge in [-0.2, -0.15) is 0 Å². The van der Waals surface area contributed by atoms with Crippen molar-refractivity contribution in [2.45, 2.75) is 32.4 Å². The first-order valence-electron chi connectivity index (χ1n) is 9.56. The Morgan fingerprint density at radius 2 is 1.90 bits per heavy atom. The van der Waals surface area contributed by atoms with Crippen molar-refractivity contribution in [3.05, 3.63) is 23.8 Å². The van der Waals surface area contributed by atoms with Crippen LogP contribution < -0.4 is 15.0 Å². The van der Waals surface area contributed by atoms with Gasteiger partial charge in [-0.15, -0.1) is 0 Å². The molecule has 3 amide bonds.